The summed E-state index contributed by atoms with van der Waals surface area (Å²) >= 11 is 0.740. The van der Waals surface area contributed by atoms with E-state index in [1.54, 1.807) is 18.2 Å². The third-order valence-electron chi connectivity index (χ3n) is 5.26. The van der Waals surface area contributed by atoms with E-state index in [-0.39, 0.29) is 21.0 Å². The zero-order chi connectivity index (χ0) is 26.7. The van der Waals surface area contributed by atoms with Crippen molar-refractivity contribution in [2.75, 3.05) is 26.6 Å². The van der Waals surface area contributed by atoms with Crippen molar-refractivity contribution in [3.05, 3.63) is 58.7 Å². The van der Waals surface area contributed by atoms with Gasteiger partial charge in [0.05, 0.1) is 25.9 Å². The molecule has 0 aliphatic carbocycles. The lowest BCUT2D eigenvalue weighted by atomic mass is 10.1. The molecule has 0 aromatic heterocycles. The number of rotatable bonds is 8. The number of carbonyl (C=O) groups is 1. The van der Waals surface area contributed by atoms with Gasteiger partial charge in [0.25, 0.3) is 5.91 Å². The number of fused-ring (bicyclic) bond motifs is 1. The third-order valence-corrected chi connectivity index (χ3v) is 7.84. The number of aryl methyl sites for hydroxylation is 2. The minimum Gasteiger partial charge on any atom is -0.493 e. The van der Waals surface area contributed by atoms with Gasteiger partial charge >= 0.3 is 0 Å². The van der Waals surface area contributed by atoms with Crippen molar-refractivity contribution in [2.24, 2.45) is 10.1 Å². The van der Waals surface area contributed by atoms with Crippen LogP contribution in [0.2, 0.25) is 0 Å². The minimum absolute atomic E-state index is 0.0258. The summed E-state index contributed by atoms with van der Waals surface area (Å²) in [6.45, 7) is 4.97. The third kappa shape index (κ3) is 6.20. The summed E-state index contributed by atoms with van der Waals surface area (Å²) in [5.41, 5.74) is 2.85. The lowest BCUT2D eigenvalue weighted by Gasteiger charge is -2.20. The Morgan fingerprint density at radius 2 is 1.76 bits per heavy atom. The van der Waals surface area contributed by atoms with Crippen LogP contribution in [0.4, 0.5) is 0 Å². The van der Waals surface area contributed by atoms with Crippen LogP contribution in [-0.2, 0) is 14.6 Å². The number of hydrazone groups is 1. The predicted molar refractivity (Wildman–Crippen MR) is 144 cm³/mol. The maximum absolute atomic E-state index is 12.6. The molecule has 4 rings (SSSR count). The number of ether oxygens (including phenoxy) is 3. The second kappa shape index (κ2) is 10.8. The van der Waals surface area contributed by atoms with Crippen LogP contribution in [0.5, 0.6) is 17.2 Å². The van der Waals surface area contributed by atoms with E-state index in [4.69, 9.17) is 19.6 Å². The second-order valence-corrected chi connectivity index (χ2v) is 11.6. The van der Waals surface area contributed by atoms with E-state index < -0.39 is 15.7 Å². The van der Waals surface area contributed by atoms with Crippen LogP contribution >= 0.6 is 11.8 Å². The van der Waals surface area contributed by atoms with E-state index in [1.807, 2.05) is 26.0 Å². The summed E-state index contributed by atoms with van der Waals surface area (Å²) in [4.78, 5) is 16.5. The quantitative estimate of drug-likeness (QED) is 0.394. The molecule has 2 aromatic rings. The standard InChI is InChI=1S/C25H26N4O6S2/c1-15-10-16(2)12-18(11-15)34-8-5-9-35-20-7-6-17(14-21(20)33-3)13-19-22(26)29-24(27-23(19)30)36-25(28-29)37(4,31)32/h6-7,10-14,26H,5,8-9H2,1-4H3/b19-13-,26-22?. The first kappa shape index (κ1) is 26.4. The Labute approximate surface area is 219 Å². The lowest BCUT2D eigenvalue weighted by Crippen LogP contribution is -2.35. The van der Waals surface area contributed by atoms with Crippen molar-refractivity contribution in [1.29, 1.82) is 5.41 Å². The molecule has 194 valence electrons. The minimum atomic E-state index is -3.60. The Hall–Kier alpha value is -3.64. The van der Waals surface area contributed by atoms with Gasteiger partial charge in [-0.1, -0.05) is 12.1 Å². The summed E-state index contributed by atoms with van der Waals surface area (Å²) in [7, 11) is -2.09. The number of carbonyl (C=O) groups excluding carboxylic acids is 1. The molecular formula is C25H26N4O6S2. The predicted octanol–water partition coefficient (Wildman–Crippen LogP) is 3.78. The molecular weight excluding hydrogens is 516 g/mol. The first-order valence-electron chi connectivity index (χ1n) is 11.3. The maximum atomic E-state index is 12.6. The van der Waals surface area contributed by atoms with Gasteiger partial charge in [-0.05, 0) is 72.6 Å². The van der Waals surface area contributed by atoms with Crippen LogP contribution < -0.4 is 14.2 Å². The Balaban J connectivity index is 1.41. The molecule has 12 heteroatoms. The largest absolute Gasteiger partial charge is 0.493 e. The number of methoxy groups -OCH3 is 1. The zero-order valence-electron chi connectivity index (χ0n) is 20.8. The number of amidine groups is 2. The first-order chi connectivity index (χ1) is 17.5. The molecule has 37 heavy (non-hydrogen) atoms. The number of hydrogen-bond acceptors (Lipinski definition) is 9. The molecule has 0 saturated heterocycles. The molecule has 0 spiro atoms. The molecule has 0 atom stereocenters. The number of nitrogens with one attached hydrogen (secondary N) is 1. The summed E-state index contributed by atoms with van der Waals surface area (Å²) in [5, 5.41) is 13.4. The Bertz CT molecular complexity index is 1440. The van der Waals surface area contributed by atoms with Crippen molar-refractivity contribution in [2.45, 2.75) is 20.3 Å². The van der Waals surface area contributed by atoms with Gasteiger partial charge in [0.15, 0.2) is 17.3 Å². The molecule has 0 fully saturated rings. The van der Waals surface area contributed by atoms with Gasteiger partial charge in [0.1, 0.15) is 5.75 Å². The summed E-state index contributed by atoms with van der Waals surface area (Å²) in [6.07, 6.45) is 3.15. The summed E-state index contributed by atoms with van der Waals surface area (Å²) < 4.78 is 40.5. The van der Waals surface area contributed by atoms with Crippen LogP contribution in [0.1, 0.15) is 23.1 Å². The van der Waals surface area contributed by atoms with Crippen molar-refractivity contribution in [1.82, 2.24) is 5.01 Å². The lowest BCUT2D eigenvalue weighted by molar-refractivity contribution is -0.114. The van der Waals surface area contributed by atoms with Gasteiger partial charge in [-0.3, -0.25) is 10.2 Å². The molecule has 2 aliphatic rings. The molecule has 0 saturated carbocycles. The molecule has 0 bridgehead atoms. The van der Waals surface area contributed by atoms with E-state index in [0.29, 0.717) is 36.7 Å². The zero-order valence-corrected chi connectivity index (χ0v) is 22.4. The molecule has 2 heterocycles. The van der Waals surface area contributed by atoms with E-state index in [0.717, 1.165) is 39.9 Å². The van der Waals surface area contributed by atoms with Gasteiger partial charge in [0, 0.05) is 12.7 Å². The van der Waals surface area contributed by atoms with Crippen molar-refractivity contribution < 1.29 is 27.4 Å². The van der Waals surface area contributed by atoms with Gasteiger partial charge in [0.2, 0.25) is 19.4 Å². The average Bonchev–Trinajstić information content (AvgIpc) is 3.26. The molecule has 1 amide bonds. The smallest absolute Gasteiger partial charge is 0.283 e. The number of aliphatic imine (C=N–C) groups is 1. The molecule has 10 nitrogen and oxygen atoms in total. The number of amides is 1. The monoisotopic (exact) mass is 542 g/mol. The van der Waals surface area contributed by atoms with Crippen LogP contribution in [-0.4, -0.2) is 61.3 Å². The highest BCUT2D eigenvalue weighted by molar-refractivity contribution is 8.42. The highest BCUT2D eigenvalue weighted by Gasteiger charge is 2.38. The number of benzene rings is 2. The molecule has 2 aromatic carbocycles. The maximum Gasteiger partial charge on any atom is 0.283 e. The Kier molecular flexibility index (Phi) is 7.69. The van der Waals surface area contributed by atoms with Gasteiger partial charge < -0.3 is 14.2 Å². The fourth-order valence-corrected chi connectivity index (χ4v) is 5.32. The van der Waals surface area contributed by atoms with Crippen LogP contribution in [0.3, 0.4) is 0 Å². The van der Waals surface area contributed by atoms with E-state index in [9.17, 15) is 13.2 Å². The number of nitrogens with zero attached hydrogens (tertiary/aromatic N) is 3. The van der Waals surface area contributed by atoms with Crippen molar-refractivity contribution in [3.63, 3.8) is 0 Å². The SMILES string of the molecule is COc1cc(/C=C2/C(=N)N3N=C(S(C)(=O)=O)SC3=NC2=O)ccc1OCCCOc1cc(C)cc(C)c1. The van der Waals surface area contributed by atoms with E-state index in [1.165, 1.54) is 13.2 Å². The average molecular weight is 543 g/mol. The summed E-state index contributed by atoms with van der Waals surface area (Å²) in [6, 6.07) is 11.2. The molecule has 0 unspecified atom stereocenters. The Morgan fingerprint density at radius 3 is 2.43 bits per heavy atom. The number of thioether (sulfide) groups is 1. The number of hydrogen-bond donors (Lipinski definition) is 1. The second-order valence-electron chi connectivity index (χ2n) is 8.44. The van der Waals surface area contributed by atoms with Crippen LogP contribution in [0.15, 0.2) is 52.1 Å². The highest BCUT2D eigenvalue weighted by atomic mass is 32.3. The van der Waals surface area contributed by atoms with Crippen LogP contribution in [0, 0.1) is 19.3 Å². The first-order valence-corrected chi connectivity index (χ1v) is 14.0. The highest BCUT2D eigenvalue weighted by Crippen LogP contribution is 2.32. The number of sulfone groups is 1. The summed E-state index contributed by atoms with van der Waals surface area (Å²) in [5.74, 6) is 0.899. The fourth-order valence-electron chi connectivity index (χ4n) is 3.63. The fraction of sp³-hybridized carbons (Fsp3) is 0.280. The van der Waals surface area contributed by atoms with Gasteiger partial charge in [-0.2, -0.15) is 10.0 Å². The molecule has 2 aliphatic heterocycles. The van der Waals surface area contributed by atoms with E-state index in [2.05, 4.69) is 16.2 Å². The van der Waals surface area contributed by atoms with Gasteiger partial charge in [-0.15, -0.1) is 5.10 Å². The topological polar surface area (TPSA) is 131 Å². The van der Waals surface area contributed by atoms with E-state index >= 15 is 0 Å². The van der Waals surface area contributed by atoms with Crippen LogP contribution in [0.25, 0.3) is 6.08 Å². The molecule has 1 N–H and O–H groups in total. The molecule has 0 radical (unpaired) electrons. The van der Waals surface area contributed by atoms with Gasteiger partial charge in [-0.25, -0.2) is 8.42 Å². The Morgan fingerprint density at radius 1 is 1.05 bits per heavy atom. The van der Waals surface area contributed by atoms with Crippen molar-refractivity contribution in [3.8, 4) is 17.2 Å². The van der Waals surface area contributed by atoms with Crippen molar-refractivity contribution >= 4 is 49.0 Å². The normalized spacial score (nSPS) is 16.4.